The first kappa shape index (κ1) is 13.4. The first-order chi connectivity index (χ1) is 10.1. The molecule has 3 aromatic rings. The summed E-state index contributed by atoms with van der Waals surface area (Å²) in [6, 6.07) is 8.05. The van der Waals surface area contributed by atoms with E-state index in [2.05, 4.69) is 9.97 Å². The Bertz CT molecular complexity index is 817. The summed E-state index contributed by atoms with van der Waals surface area (Å²) in [6.45, 7) is 0. The molecule has 0 fully saturated rings. The zero-order valence-corrected chi connectivity index (χ0v) is 11.5. The molecule has 0 aliphatic heterocycles. The number of aromatic carboxylic acids is 1. The van der Waals surface area contributed by atoms with Crippen molar-refractivity contribution in [3.8, 4) is 21.8 Å². The van der Waals surface area contributed by atoms with Crippen LogP contribution in [0.4, 0.5) is 4.39 Å². The number of halogens is 1. The minimum absolute atomic E-state index is 0.192. The van der Waals surface area contributed by atoms with Gasteiger partial charge in [-0.3, -0.25) is 4.98 Å². The lowest BCUT2D eigenvalue weighted by molar-refractivity contribution is 0.0697. The molecule has 2 aromatic heterocycles. The van der Waals surface area contributed by atoms with Crippen LogP contribution >= 0.6 is 11.3 Å². The summed E-state index contributed by atoms with van der Waals surface area (Å²) in [5.41, 5.74) is 1.88. The molecule has 0 unspecified atom stereocenters. The lowest BCUT2D eigenvalue weighted by Crippen LogP contribution is -1.95. The van der Waals surface area contributed by atoms with Gasteiger partial charge in [-0.2, -0.15) is 0 Å². The van der Waals surface area contributed by atoms with Gasteiger partial charge >= 0.3 is 5.97 Å². The van der Waals surface area contributed by atoms with E-state index in [0.717, 1.165) is 6.20 Å². The highest BCUT2D eigenvalue weighted by molar-refractivity contribution is 7.13. The average Bonchev–Trinajstić information content (AvgIpc) is 2.97. The maximum absolute atomic E-state index is 13.7. The third-order valence-electron chi connectivity index (χ3n) is 2.91. The van der Waals surface area contributed by atoms with Gasteiger partial charge in [0.15, 0.2) is 5.82 Å². The van der Waals surface area contributed by atoms with Crippen LogP contribution in [-0.4, -0.2) is 21.0 Å². The Morgan fingerprint density at radius 1 is 1.29 bits per heavy atom. The largest absolute Gasteiger partial charge is 0.478 e. The van der Waals surface area contributed by atoms with Crippen molar-refractivity contribution in [1.29, 1.82) is 0 Å². The Kier molecular flexibility index (Phi) is 3.45. The molecule has 1 N–H and O–H groups in total. The van der Waals surface area contributed by atoms with Crippen molar-refractivity contribution in [2.75, 3.05) is 0 Å². The second-order valence-electron chi connectivity index (χ2n) is 4.28. The van der Waals surface area contributed by atoms with Gasteiger partial charge in [-0.15, -0.1) is 11.3 Å². The smallest absolute Gasteiger partial charge is 0.335 e. The van der Waals surface area contributed by atoms with Gasteiger partial charge in [0, 0.05) is 22.7 Å². The number of aromatic nitrogens is 2. The monoisotopic (exact) mass is 300 g/mol. The van der Waals surface area contributed by atoms with Gasteiger partial charge < -0.3 is 5.11 Å². The number of nitrogens with zero attached hydrogens (tertiary/aromatic N) is 2. The summed E-state index contributed by atoms with van der Waals surface area (Å²) in [4.78, 5) is 19.1. The third-order valence-corrected chi connectivity index (χ3v) is 3.79. The summed E-state index contributed by atoms with van der Waals surface area (Å²) >= 11 is 1.30. The molecule has 0 amide bonds. The number of carboxylic acids is 1. The highest BCUT2D eigenvalue weighted by atomic mass is 32.1. The standard InChI is InChI=1S/C15H9FN2O2S/c16-12-7-17-5-4-11(12)14-18-13(8-21-14)9-2-1-3-10(6-9)15(19)20/h1-8H,(H,19,20). The SMILES string of the molecule is O=C(O)c1cccc(-c2csc(-c3ccncc3F)n2)c1. The van der Waals surface area contributed by atoms with Gasteiger partial charge in [0.05, 0.1) is 17.5 Å². The number of pyridine rings is 1. The molecule has 0 aliphatic rings. The molecule has 0 spiro atoms. The van der Waals surface area contributed by atoms with Crippen molar-refractivity contribution in [1.82, 2.24) is 9.97 Å². The molecule has 2 heterocycles. The molecular formula is C15H9FN2O2S. The van der Waals surface area contributed by atoms with Gasteiger partial charge in [0.1, 0.15) is 5.01 Å². The summed E-state index contributed by atoms with van der Waals surface area (Å²) in [5.74, 6) is -1.43. The number of rotatable bonds is 3. The number of hydrogen-bond donors (Lipinski definition) is 1. The first-order valence-electron chi connectivity index (χ1n) is 6.04. The normalized spacial score (nSPS) is 10.5. The lowest BCUT2D eigenvalue weighted by atomic mass is 10.1. The van der Waals surface area contributed by atoms with Crippen molar-refractivity contribution in [3.05, 3.63) is 59.5 Å². The Labute approximate surface area is 123 Å². The molecule has 0 saturated heterocycles. The highest BCUT2D eigenvalue weighted by Crippen LogP contribution is 2.30. The summed E-state index contributed by atoms with van der Waals surface area (Å²) in [7, 11) is 0. The molecule has 0 aliphatic carbocycles. The zero-order chi connectivity index (χ0) is 14.8. The Morgan fingerprint density at radius 2 is 2.14 bits per heavy atom. The van der Waals surface area contributed by atoms with Gasteiger partial charge in [0.25, 0.3) is 0 Å². The van der Waals surface area contributed by atoms with Crippen molar-refractivity contribution in [2.45, 2.75) is 0 Å². The number of thiazole rings is 1. The van der Waals surface area contributed by atoms with Crippen LogP contribution in [0.25, 0.3) is 21.8 Å². The van der Waals surface area contributed by atoms with E-state index in [9.17, 15) is 9.18 Å². The van der Waals surface area contributed by atoms with Gasteiger partial charge in [0.2, 0.25) is 0 Å². The quantitative estimate of drug-likeness (QED) is 0.801. The Balaban J connectivity index is 2.01. The highest BCUT2D eigenvalue weighted by Gasteiger charge is 2.11. The average molecular weight is 300 g/mol. The predicted molar refractivity (Wildman–Crippen MR) is 77.7 cm³/mol. The van der Waals surface area contributed by atoms with Crippen LogP contribution < -0.4 is 0 Å². The van der Waals surface area contributed by atoms with E-state index >= 15 is 0 Å². The van der Waals surface area contributed by atoms with E-state index in [1.54, 1.807) is 29.6 Å². The minimum atomic E-state index is -0.993. The second kappa shape index (κ2) is 5.41. The van der Waals surface area contributed by atoms with Crippen LogP contribution in [0.2, 0.25) is 0 Å². The van der Waals surface area contributed by atoms with Crippen molar-refractivity contribution in [2.24, 2.45) is 0 Å². The van der Waals surface area contributed by atoms with Gasteiger partial charge in [-0.25, -0.2) is 14.2 Å². The maximum atomic E-state index is 13.7. The number of hydrogen-bond acceptors (Lipinski definition) is 4. The third kappa shape index (κ3) is 2.66. The van der Waals surface area contributed by atoms with E-state index in [4.69, 9.17) is 5.11 Å². The minimum Gasteiger partial charge on any atom is -0.478 e. The van der Waals surface area contributed by atoms with E-state index in [0.29, 0.717) is 21.8 Å². The van der Waals surface area contributed by atoms with E-state index < -0.39 is 11.8 Å². The van der Waals surface area contributed by atoms with Crippen LogP contribution in [-0.2, 0) is 0 Å². The fourth-order valence-corrected chi connectivity index (χ4v) is 2.75. The number of carbonyl (C=O) groups is 1. The van der Waals surface area contributed by atoms with Crippen LogP contribution in [0, 0.1) is 5.82 Å². The lowest BCUT2D eigenvalue weighted by Gasteiger charge is -1.99. The summed E-state index contributed by atoms with van der Waals surface area (Å²) < 4.78 is 13.7. The zero-order valence-electron chi connectivity index (χ0n) is 10.7. The molecule has 4 nitrogen and oxygen atoms in total. The van der Waals surface area contributed by atoms with Crippen LogP contribution in [0.15, 0.2) is 48.1 Å². The number of carboxylic acid groups (broad SMARTS) is 1. The molecule has 1 aromatic carbocycles. The molecule has 0 radical (unpaired) electrons. The van der Waals surface area contributed by atoms with E-state index in [1.807, 2.05) is 0 Å². The molecule has 21 heavy (non-hydrogen) atoms. The molecular weight excluding hydrogens is 291 g/mol. The maximum Gasteiger partial charge on any atom is 0.335 e. The van der Waals surface area contributed by atoms with Crippen LogP contribution in [0.3, 0.4) is 0 Å². The fourth-order valence-electron chi connectivity index (χ4n) is 1.89. The van der Waals surface area contributed by atoms with Gasteiger partial charge in [-0.1, -0.05) is 12.1 Å². The van der Waals surface area contributed by atoms with Crippen LogP contribution in [0.1, 0.15) is 10.4 Å². The molecule has 6 heteroatoms. The molecule has 0 atom stereocenters. The van der Waals surface area contributed by atoms with E-state index in [-0.39, 0.29) is 5.56 Å². The Morgan fingerprint density at radius 3 is 2.90 bits per heavy atom. The van der Waals surface area contributed by atoms with Gasteiger partial charge in [-0.05, 0) is 18.2 Å². The second-order valence-corrected chi connectivity index (χ2v) is 5.14. The molecule has 0 saturated carbocycles. The Hall–Kier alpha value is -2.60. The molecule has 3 rings (SSSR count). The number of benzene rings is 1. The van der Waals surface area contributed by atoms with E-state index in [1.165, 1.54) is 23.6 Å². The van der Waals surface area contributed by atoms with Crippen LogP contribution in [0.5, 0.6) is 0 Å². The van der Waals surface area contributed by atoms with Crippen molar-refractivity contribution in [3.63, 3.8) is 0 Å². The topological polar surface area (TPSA) is 63.1 Å². The summed E-state index contributed by atoms with van der Waals surface area (Å²) in [5, 5.41) is 11.3. The molecule has 104 valence electrons. The van der Waals surface area contributed by atoms with Crippen molar-refractivity contribution < 1.29 is 14.3 Å². The fraction of sp³-hybridized carbons (Fsp3) is 0. The summed E-state index contributed by atoms with van der Waals surface area (Å²) in [6.07, 6.45) is 2.64. The molecule has 0 bridgehead atoms. The first-order valence-corrected chi connectivity index (χ1v) is 6.92. The predicted octanol–water partition coefficient (Wildman–Crippen LogP) is 3.71. The van der Waals surface area contributed by atoms with Crippen molar-refractivity contribution >= 4 is 17.3 Å².